The number of carbonyl (C=O) groups is 1. The Kier molecular flexibility index (Phi) is 11.1. The number of amides is 1. The van der Waals surface area contributed by atoms with E-state index < -0.39 is 18.6 Å². The van der Waals surface area contributed by atoms with Gasteiger partial charge < -0.3 is 26.4 Å². The zero-order valence-electron chi connectivity index (χ0n) is 12.7. The Morgan fingerprint density at radius 2 is 1.86 bits per heavy atom. The Morgan fingerprint density at radius 1 is 1.19 bits per heavy atom. The van der Waals surface area contributed by atoms with Crippen molar-refractivity contribution in [1.82, 2.24) is 5.32 Å². The zero-order valence-corrected chi connectivity index (χ0v) is 12.7. The summed E-state index contributed by atoms with van der Waals surface area (Å²) in [4.78, 5) is 15.6. The van der Waals surface area contributed by atoms with E-state index in [0.29, 0.717) is 6.42 Å². The summed E-state index contributed by atoms with van der Waals surface area (Å²) >= 11 is 0. The molecule has 3 atom stereocenters. The molecule has 7 heteroatoms. The third-order valence-electron chi connectivity index (χ3n) is 3.33. The maximum atomic E-state index is 11.7. The maximum absolute atomic E-state index is 11.7. The van der Waals surface area contributed by atoms with Crippen LogP contribution in [0.1, 0.15) is 51.9 Å². The first-order chi connectivity index (χ1) is 9.86. The van der Waals surface area contributed by atoms with Crippen LogP contribution in [0, 0.1) is 0 Å². The van der Waals surface area contributed by atoms with Gasteiger partial charge >= 0.3 is 0 Å². The second-order valence-corrected chi connectivity index (χ2v) is 5.35. The van der Waals surface area contributed by atoms with E-state index in [1.807, 2.05) is 6.92 Å². The first-order valence-electron chi connectivity index (χ1n) is 7.41. The molecule has 124 valence electrons. The molecule has 0 aromatic heterocycles. The SMILES string of the molecule is C=NC(C)CCCCCC(=O)NC(CCC(O)O)C(N)O. The molecule has 0 aromatic rings. The van der Waals surface area contributed by atoms with Gasteiger partial charge in [0.25, 0.3) is 0 Å². The first kappa shape index (κ1) is 20.0. The van der Waals surface area contributed by atoms with Gasteiger partial charge in [-0.2, -0.15) is 0 Å². The van der Waals surface area contributed by atoms with Crippen molar-refractivity contribution in [3.05, 3.63) is 0 Å². The van der Waals surface area contributed by atoms with Gasteiger partial charge in [-0.3, -0.25) is 9.79 Å². The van der Waals surface area contributed by atoms with Crippen molar-refractivity contribution < 1.29 is 20.1 Å². The largest absolute Gasteiger partial charge is 0.377 e. The molecular formula is C14H29N3O4. The van der Waals surface area contributed by atoms with E-state index in [2.05, 4.69) is 17.0 Å². The lowest BCUT2D eigenvalue weighted by Gasteiger charge is -2.21. The van der Waals surface area contributed by atoms with Gasteiger partial charge in [0, 0.05) is 18.9 Å². The summed E-state index contributed by atoms with van der Waals surface area (Å²) in [7, 11) is 0. The molecule has 0 aromatic carbocycles. The molecule has 1 amide bonds. The van der Waals surface area contributed by atoms with Crippen LogP contribution in [0.5, 0.6) is 0 Å². The number of aliphatic hydroxyl groups is 3. The molecule has 0 saturated heterocycles. The van der Waals surface area contributed by atoms with Crippen molar-refractivity contribution in [1.29, 1.82) is 0 Å². The van der Waals surface area contributed by atoms with Crippen LogP contribution in [-0.2, 0) is 4.79 Å². The molecule has 0 saturated carbocycles. The van der Waals surface area contributed by atoms with Gasteiger partial charge in [-0.25, -0.2) is 0 Å². The predicted octanol–water partition coefficient (Wildman–Crippen LogP) is -0.121. The maximum Gasteiger partial charge on any atom is 0.220 e. The molecule has 0 rings (SSSR count). The number of hydrogen-bond acceptors (Lipinski definition) is 6. The normalized spacial score (nSPS) is 15.5. The van der Waals surface area contributed by atoms with Crippen LogP contribution in [0.25, 0.3) is 0 Å². The van der Waals surface area contributed by atoms with Gasteiger partial charge in [0.2, 0.25) is 5.91 Å². The fourth-order valence-electron chi connectivity index (χ4n) is 1.93. The molecule has 0 aliphatic heterocycles. The summed E-state index contributed by atoms with van der Waals surface area (Å²) in [6.07, 6.45) is 1.58. The molecule has 6 N–H and O–H groups in total. The zero-order chi connectivity index (χ0) is 16.3. The highest BCUT2D eigenvalue weighted by Gasteiger charge is 2.18. The van der Waals surface area contributed by atoms with Crippen LogP contribution in [0.3, 0.4) is 0 Å². The summed E-state index contributed by atoms with van der Waals surface area (Å²) in [5, 5.41) is 29.6. The molecule has 0 aliphatic carbocycles. The van der Waals surface area contributed by atoms with Gasteiger partial charge in [-0.15, -0.1) is 0 Å². The highest BCUT2D eigenvalue weighted by Crippen LogP contribution is 2.08. The number of unbranched alkanes of at least 4 members (excludes halogenated alkanes) is 2. The summed E-state index contributed by atoms with van der Waals surface area (Å²) in [6.45, 7) is 5.48. The topological polar surface area (TPSA) is 128 Å². The molecule has 0 bridgehead atoms. The number of aliphatic imine (C=N–C) groups is 1. The minimum Gasteiger partial charge on any atom is -0.377 e. The smallest absolute Gasteiger partial charge is 0.220 e. The van der Waals surface area contributed by atoms with E-state index in [-0.39, 0.29) is 24.8 Å². The van der Waals surface area contributed by atoms with Crippen LogP contribution in [-0.4, -0.2) is 52.5 Å². The number of aliphatic hydroxyl groups excluding tert-OH is 2. The minimum atomic E-state index is -1.47. The van der Waals surface area contributed by atoms with E-state index >= 15 is 0 Å². The Balaban J connectivity index is 3.85. The quantitative estimate of drug-likeness (QED) is 0.195. The number of rotatable bonds is 12. The molecular weight excluding hydrogens is 274 g/mol. The summed E-state index contributed by atoms with van der Waals surface area (Å²) < 4.78 is 0. The fourth-order valence-corrected chi connectivity index (χ4v) is 1.93. The van der Waals surface area contributed by atoms with Crippen LogP contribution in [0.4, 0.5) is 0 Å². The molecule has 0 heterocycles. The summed E-state index contributed by atoms with van der Waals surface area (Å²) in [6, 6.07) is -0.412. The Labute approximate surface area is 126 Å². The molecule has 0 aliphatic rings. The number of nitrogens with zero attached hydrogens (tertiary/aromatic N) is 1. The van der Waals surface area contributed by atoms with Crippen molar-refractivity contribution in [2.45, 2.75) is 76.5 Å². The fraction of sp³-hybridized carbons (Fsp3) is 0.857. The number of carbonyl (C=O) groups excluding carboxylic acids is 1. The third kappa shape index (κ3) is 11.3. The highest BCUT2D eigenvalue weighted by atomic mass is 16.5. The minimum absolute atomic E-state index is 0.0473. The van der Waals surface area contributed by atoms with Crippen LogP contribution < -0.4 is 11.1 Å². The van der Waals surface area contributed by atoms with E-state index in [1.165, 1.54) is 0 Å². The van der Waals surface area contributed by atoms with Gasteiger partial charge in [0.05, 0.1) is 6.04 Å². The van der Waals surface area contributed by atoms with Gasteiger partial charge in [0.15, 0.2) is 6.29 Å². The van der Waals surface area contributed by atoms with Gasteiger partial charge in [-0.05, 0) is 32.9 Å². The van der Waals surface area contributed by atoms with E-state index in [0.717, 1.165) is 25.7 Å². The van der Waals surface area contributed by atoms with Gasteiger partial charge in [-0.1, -0.05) is 12.8 Å². The lowest BCUT2D eigenvalue weighted by atomic mass is 10.1. The number of nitrogens with two attached hydrogens (primary N) is 1. The Morgan fingerprint density at radius 3 is 2.38 bits per heavy atom. The van der Waals surface area contributed by atoms with Crippen molar-refractivity contribution >= 4 is 12.6 Å². The molecule has 0 fully saturated rings. The van der Waals surface area contributed by atoms with Crippen LogP contribution in [0.15, 0.2) is 4.99 Å². The average Bonchev–Trinajstić information content (AvgIpc) is 2.42. The van der Waals surface area contributed by atoms with Crippen molar-refractivity contribution in [2.75, 3.05) is 0 Å². The standard InChI is InChI=1S/C14H29N3O4/c1-10(16-2)6-4-3-5-7-12(18)17-11(14(15)21)8-9-13(19)20/h10-11,13-14,19-21H,2-9,15H2,1H3,(H,17,18). The third-order valence-corrected chi connectivity index (χ3v) is 3.33. The van der Waals surface area contributed by atoms with Crippen molar-refractivity contribution in [3.63, 3.8) is 0 Å². The Bertz CT molecular complexity index is 298. The molecule has 7 nitrogen and oxygen atoms in total. The van der Waals surface area contributed by atoms with Crippen LogP contribution >= 0.6 is 0 Å². The predicted molar refractivity (Wildman–Crippen MR) is 81.7 cm³/mol. The van der Waals surface area contributed by atoms with E-state index in [1.54, 1.807) is 0 Å². The highest BCUT2D eigenvalue weighted by molar-refractivity contribution is 5.76. The second kappa shape index (κ2) is 11.6. The summed E-state index contributed by atoms with van der Waals surface area (Å²) in [5.74, 6) is -0.188. The number of hydrogen-bond donors (Lipinski definition) is 5. The second-order valence-electron chi connectivity index (χ2n) is 5.35. The molecule has 21 heavy (non-hydrogen) atoms. The molecule has 0 spiro atoms. The molecule has 0 radical (unpaired) electrons. The van der Waals surface area contributed by atoms with Gasteiger partial charge in [0.1, 0.15) is 6.23 Å². The lowest BCUT2D eigenvalue weighted by Crippen LogP contribution is -2.47. The summed E-state index contributed by atoms with van der Waals surface area (Å²) in [5.41, 5.74) is 5.36. The lowest BCUT2D eigenvalue weighted by molar-refractivity contribution is -0.123. The van der Waals surface area contributed by atoms with Crippen molar-refractivity contribution in [2.24, 2.45) is 10.7 Å². The van der Waals surface area contributed by atoms with E-state index in [9.17, 15) is 9.90 Å². The number of nitrogens with one attached hydrogen (secondary N) is 1. The average molecular weight is 303 g/mol. The Hall–Kier alpha value is -1.02. The monoisotopic (exact) mass is 303 g/mol. The molecule has 3 unspecified atom stereocenters. The first-order valence-corrected chi connectivity index (χ1v) is 7.41. The van der Waals surface area contributed by atoms with Crippen LogP contribution in [0.2, 0.25) is 0 Å². The van der Waals surface area contributed by atoms with Crippen molar-refractivity contribution in [3.8, 4) is 0 Å². The van der Waals surface area contributed by atoms with E-state index in [4.69, 9.17) is 15.9 Å².